The van der Waals surface area contributed by atoms with Crippen LogP contribution in [0.25, 0.3) is 0 Å². The highest BCUT2D eigenvalue weighted by Gasteiger charge is 2.21. The molecule has 0 saturated carbocycles. The number of methoxy groups -OCH3 is 2. The van der Waals surface area contributed by atoms with Gasteiger partial charge in [-0.25, -0.2) is 8.42 Å². The van der Waals surface area contributed by atoms with Crippen molar-refractivity contribution in [2.75, 3.05) is 18.9 Å². The Kier molecular flexibility index (Phi) is 4.29. The predicted octanol–water partition coefficient (Wildman–Crippen LogP) is 2.19. The molecule has 0 amide bonds. The van der Waals surface area contributed by atoms with Gasteiger partial charge in [-0.1, -0.05) is 11.6 Å². The number of aromatic amines is 1. The summed E-state index contributed by atoms with van der Waals surface area (Å²) in [6, 6.07) is 2.93. The lowest BCUT2D eigenvalue weighted by atomic mass is 10.3. The number of H-pyrrole nitrogens is 1. The van der Waals surface area contributed by atoms with Gasteiger partial charge in [0.2, 0.25) is 0 Å². The van der Waals surface area contributed by atoms with Gasteiger partial charge in [-0.3, -0.25) is 9.82 Å². The third kappa shape index (κ3) is 3.06. The molecule has 0 fully saturated rings. The summed E-state index contributed by atoms with van der Waals surface area (Å²) >= 11 is 6.01. The van der Waals surface area contributed by atoms with E-state index in [0.29, 0.717) is 17.2 Å². The number of hydrogen-bond donors (Lipinski definition) is 2. The van der Waals surface area contributed by atoms with Crippen molar-refractivity contribution in [2.24, 2.45) is 0 Å². The second-order valence-electron chi connectivity index (χ2n) is 4.15. The van der Waals surface area contributed by atoms with E-state index >= 15 is 0 Å². The number of halogens is 1. The monoisotopic (exact) mass is 331 g/mol. The summed E-state index contributed by atoms with van der Waals surface area (Å²) in [6.45, 7) is 1.61. The number of aromatic nitrogens is 2. The first-order valence-corrected chi connectivity index (χ1v) is 7.69. The molecule has 7 nitrogen and oxygen atoms in total. The van der Waals surface area contributed by atoms with Crippen molar-refractivity contribution in [3.05, 3.63) is 29.0 Å². The van der Waals surface area contributed by atoms with Gasteiger partial charge in [-0.2, -0.15) is 5.10 Å². The summed E-state index contributed by atoms with van der Waals surface area (Å²) in [7, 11) is -0.915. The second-order valence-corrected chi connectivity index (χ2v) is 6.21. The van der Waals surface area contributed by atoms with E-state index in [2.05, 4.69) is 14.9 Å². The lowest BCUT2D eigenvalue weighted by molar-refractivity contribution is 0.396. The maximum Gasteiger partial charge on any atom is 0.265 e. The smallest absolute Gasteiger partial charge is 0.265 e. The molecule has 0 unspecified atom stereocenters. The first-order chi connectivity index (χ1) is 9.89. The van der Waals surface area contributed by atoms with Crippen LogP contribution < -0.4 is 14.2 Å². The van der Waals surface area contributed by atoms with Gasteiger partial charge in [-0.05, 0) is 13.0 Å². The van der Waals surface area contributed by atoms with E-state index in [0.717, 1.165) is 0 Å². The summed E-state index contributed by atoms with van der Waals surface area (Å²) in [4.78, 5) is 0.0523. The van der Waals surface area contributed by atoms with Gasteiger partial charge in [-0.15, -0.1) is 0 Å². The van der Waals surface area contributed by atoms with Gasteiger partial charge >= 0.3 is 0 Å². The maximum atomic E-state index is 12.3. The van der Waals surface area contributed by atoms with Gasteiger partial charge in [0.1, 0.15) is 16.4 Å². The van der Waals surface area contributed by atoms with E-state index in [4.69, 9.17) is 21.1 Å². The Balaban J connectivity index is 2.44. The third-order valence-corrected chi connectivity index (χ3v) is 4.57. The fourth-order valence-corrected chi connectivity index (χ4v) is 3.19. The number of ether oxygens (including phenoxy) is 2. The van der Waals surface area contributed by atoms with E-state index in [-0.39, 0.29) is 15.6 Å². The molecule has 2 rings (SSSR count). The number of anilines is 1. The van der Waals surface area contributed by atoms with Crippen LogP contribution in [0.4, 0.5) is 5.69 Å². The van der Waals surface area contributed by atoms with Crippen molar-refractivity contribution >= 4 is 27.3 Å². The Bertz CT molecular complexity index is 758. The summed E-state index contributed by atoms with van der Waals surface area (Å²) in [5.74, 6) is 0.678. The van der Waals surface area contributed by atoms with Crippen molar-refractivity contribution < 1.29 is 17.9 Å². The quantitative estimate of drug-likeness (QED) is 0.876. The normalized spacial score (nSPS) is 11.2. The van der Waals surface area contributed by atoms with Crippen LogP contribution in [0.3, 0.4) is 0 Å². The molecule has 2 aromatic rings. The number of nitrogens with zero attached hydrogens (tertiary/aromatic N) is 1. The zero-order chi connectivity index (χ0) is 15.6. The first-order valence-electron chi connectivity index (χ1n) is 5.83. The highest BCUT2D eigenvalue weighted by molar-refractivity contribution is 7.92. The second kappa shape index (κ2) is 5.82. The molecule has 1 heterocycles. The van der Waals surface area contributed by atoms with Gasteiger partial charge < -0.3 is 9.47 Å². The van der Waals surface area contributed by atoms with Crippen LogP contribution in [0.5, 0.6) is 11.5 Å². The Morgan fingerprint density at radius 2 is 1.90 bits per heavy atom. The van der Waals surface area contributed by atoms with Crippen LogP contribution in [-0.2, 0) is 10.0 Å². The molecule has 0 aliphatic carbocycles. The van der Waals surface area contributed by atoms with Crippen molar-refractivity contribution in [1.82, 2.24) is 10.2 Å². The number of benzene rings is 1. The molecule has 0 atom stereocenters. The number of aryl methyl sites for hydroxylation is 1. The van der Waals surface area contributed by atoms with Crippen molar-refractivity contribution in [3.8, 4) is 11.5 Å². The Morgan fingerprint density at radius 3 is 2.43 bits per heavy atom. The predicted molar refractivity (Wildman–Crippen MR) is 78.7 cm³/mol. The standard InChI is InChI=1S/C12H14ClN3O4S/c1-7-12(6-14-15-7)21(17,18)16-9-4-8(13)10(19-2)5-11(9)20-3/h4-6,16H,1-3H3,(H,14,15). The lowest BCUT2D eigenvalue weighted by Gasteiger charge is -2.13. The molecule has 0 radical (unpaired) electrons. The molecule has 0 bridgehead atoms. The average molecular weight is 332 g/mol. The zero-order valence-corrected chi connectivity index (χ0v) is 13.2. The number of sulfonamides is 1. The third-order valence-electron chi connectivity index (χ3n) is 2.79. The molecular weight excluding hydrogens is 318 g/mol. The molecular formula is C12H14ClN3O4S. The molecule has 9 heteroatoms. The van der Waals surface area contributed by atoms with Crippen LogP contribution in [0.2, 0.25) is 5.02 Å². The number of hydrogen-bond acceptors (Lipinski definition) is 5. The van der Waals surface area contributed by atoms with Crippen LogP contribution in [-0.4, -0.2) is 32.8 Å². The van der Waals surface area contributed by atoms with Gasteiger partial charge in [0.15, 0.2) is 0 Å². The Hall–Kier alpha value is -1.93. The van der Waals surface area contributed by atoms with Crippen LogP contribution in [0.1, 0.15) is 5.69 Å². The average Bonchev–Trinajstić information content (AvgIpc) is 2.86. The Labute approximate surface area is 127 Å². The minimum atomic E-state index is -3.79. The van der Waals surface area contributed by atoms with Crippen molar-refractivity contribution in [1.29, 1.82) is 0 Å². The maximum absolute atomic E-state index is 12.3. The number of nitrogens with one attached hydrogen (secondary N) is 2. The van der Waals surface area contributed by atoms with E-state index in [1.54, 1.807) is 6.92 Å². The van der Waals surface area contributed by atoms with Crippen LogP contribution >= 0.6 is 11.6 Å². The minimum absolute atomic E-state index is 0.0523. The van der Waals surface area contributed by atoms with Gasteiger partial charge in [0.25, 0.3) is 10.0 Å². The highest BCUT2D eigenvalue weighted by Crippen LogP contribution is 2.36. The minimum Gasteiger partial charge on any atom is -0.495 e. The molecule has 1 aromatic carbocycles. The van der Waals surface area contributed by atoms with Crippen LogP contribution in [0.15, 0.2) is 23.2 Å². The lowest BCUT2D eigenvalue weighted by Crippen LogP contribution is -2.14. The van der Waals surface area contributed by atoms with E-state index < -0.39 is 10.0 Å². The molecule has 1 aromatic heterocycles. The van der Waals surface area contributed by atoms with Gasteiger partial charge in [0, 0.05) is 6.07 Å². The largest absolute Gasteiger partial charge is 0.495 e. The first kappa shape index (κ1) is 15.5. The molecule has 0 saturated heterocycles. The Morgan fingerprint density at radius 1 is 1.24 bits per heavy atom. The molecule has 21 heavy (non-hydrogen) atoms. The number of rotatable bonds is 5. The highest BCUT2D eigenvalue weighted by atomic mass is 35.5. The summed E-state index contributed by atoms with van der Waals surface area (Å²) < 4.78 is 37.3. The van der Waals surface area contributed by atoms with Gasteiger partial charge in [0.05, 0.1) is 36.8 Å². The van der Waals surface area contributed by atoms with Crippen molar-refractivity contribution in [2.45, 2.75) is 11.8 Å². The zero-order valence-electron chi connectivity index (χ0n) is 11.6. The molecule has 114 valence electrons. The van der Waals surface area contributed by atoms with Crippen molar-refractivity contribution in [3.63, 3.8) is 0 Å². The molecule has 0 aliphatic heterocycles. The fraction of sp³-hybridized carbons (Fsp3) is 0.250. The van der Waals surface area contributed by atoms with E-state index in [1.165, 1.54) is 32.5 Å². The fourth-order valence-electron chi connectivity index (χ4n) is 1.75. The van der Waals surface area contributed by atoms with Crippen LogP contribution in [0, 0.1) is 6.92 Å². The molecule has 0 aliphatic rings. The summed E-state index contributed by atoms with van der Waals surface area (Å²) in [5, 5.41) is 6.53. The summed E-state index contributed by atoms with van der Waals surface area (Å²) in [5.41, 5.74) is 0.643. The topological polar surface area (TPSA) is 93.3 Å². The van der Waals surface area contributed by atoms with E-state index in [9.17, 15) is 8.42 Å². The molecule has 2 N–H and O–H groups in total. The summed E-state index contributed by atoms with van der Waals surface area (Å²) in [6.07, 6.45) is 1.23. The SMILES string of the molecule is COc1cc(OC)c(NS(=O)(=O)c2cn[nH]c2C)cc1Cl. The molecule has 0 spiro atoms. The van der Waals surface area contributed by atoms with E-state index in [1.807, 2.05) is 0 Å².